The summed E-state index contributed by atoms with van der Waals surface area (Å²) in [6.07, 6.45) is 0. The Hall–Kier alpha value is -1.02. The van der Waals surface area contributed by atoms with E-state index in [0.717, 1.165) is 26.2 Å². The number of benzene rings is 1. The molecule has 1 aromatic carbocycles. The van der Waals surface area contributed by atoms with Crippen molar-refractivity contribution in [1.29, 1.82) is 0 Å². The van der Waals surface area contributed by atoms with E-state index in [4.69, 9.17) is 0 Å². The first-order chi connectivity index (χ1) is 8.17. The Morgan fingerprint density at radius 3 is 2.47 bits per heavy atom. The topological polar surface area (TPSA) is 15.3 Å². The number of hydrogen-bond acceptors (Lipinski definition) is 2. The van der Waals surface area contributed by atoms with E-state index in [0.29, 0.717) is 5.92 Å². The van der Waals surface area contributed by atoms with Gasteiger partial charge in [0.1, 0.15) is 0 Å². The van der Waals surface area contributed by atoms with E-state index in [1.54, 1.807) is 0 Å². The molecule has 0 aromatic heterocycles. The molecule has 0 saturated carbocycles. The average molecular weight is 234 g/mol. The minimum absolute atomic E-state index is 0.597. The van der Waals surface area contributed by atoms with E-state index >= 15 is 0 Å². The van der Waals surface area contributed by atoms with Gasteiger partial charge in [0, 0.05) is 18.8 Å². The van der Waals surface area contributed by atoms with E-state index in [1.165, 1.54) is 11.3 Å². The lowest BCUT2D eigenvalue weighted by molar-refractivity contribution is 0.316. The lowest BCUT2D eigenvalue weighted by Gasteiger charge is -2.18. The Morgan fingerprint density at radius 2 is 1.88 bits per heavy atom. The maximum atomic E-state index is 3.50. The summed E-state index contributed by atoms with van der Waals surface area (Å²) in [5.74, 6) is 0.597. The molecule has 2 heteroatoms. The van der Waals surface area contributed by atoms with E-state index in [2.05, 4.69) is 62.2 Å². The van der Waals surface area contributed by atoms with Crippen molar-refractivity contribution >= 4 is 5.69 Å². The highest BCUT2D eigenvalue weighted by atomic mass is 15.1. The molecule has 0 fully saturated rings. The minimum atomic E-state index is 0.597. The van der Waals surface area contributed by atoms with E-state index in [1.807, 2.05) is 0 Å². The molecule has 17 heavy (non-hydrogen) atoms. The molecule has 96 valence electrons. The molecule has 0 bridgehead atoms. The molecule has 1 rings (SSSR count). The van der Waals surface area contributed by atoms with E-state index in [-0.39, 0.29) is 0 Å². The highest BCUT2D eigenvalue weighted by Crippen LogP contribution is 2.18. The molecule has 0 aliphatic heterocycles. The van der Waals surface area contributed by atoms with Crippen molar-refractivity contribution in [2.75, 3.05) is 31.5 Å². The van der Waals surface area contributed by atoms with Crippen LogP contribution in [0.4, 0.5) is 5.69 Å². The summed E-state index contributed by atoms with van der Waals surface area (Å²) >= 11 is 0. The largest absolute Gasteiger partial charge is 0.384 e. The first kappa shape index (κ1) is 14.0. The standard InChI is InChI=1S/C15H26N2/c1-5-17(6-2)11-10-16-15-9-7-8-14(12-15)13(3)4/h7-9,12-13,16H,5-6,10-11H2,1-4H3. The van der Waals surface area contributed by atoms with Gasteiger partial charge in [-0.25, -0.2) is 0 Å². The zero-order valence-electron chi connectivity index (χ0n) is 11.7. The molecular formula is C15H26N2. The molecule has 0 spiro atoms. The van der Waals surface area contributed by atoms with Crippen LogP contribution in [0.1, 0.15) is 39.2 Å². The molecule has 0 amide bonds. The number of nitrogens with zero attached hydrogens (tertiary/aromatic N) is 1. The molecule has 0 aliphatic rings. The van der Waals surface area contributed by atoms with Gasteiger partial charge in [-0.2, -0.15) is 0 Å². The second-order valence-corrected chi connectivity index (χ2v) is 4.73. The number of likely N-dealkylation sites (N-methyl/N-ethyl adjacent to an activating group) is 1. The van der Waals surface area contributed by atoms with Crippen molar-refractivity contribution < 1.29 is 0 Å². The van der Waals surface area contributed by atoms with Crippen LogP contribution < -0.4 is 5.32 Å². The molecule has 1 aromatic rings. The molecule has 0 aliphatic carbocycles. The van der Waals surface area contributed by atoms with Crippen LogP contribution in [-0.2, 0) is 0 Å². The molecule has 0 saturated heterocycles. The van der Waals surface area contributed by atoms with Crippen LogP contribution in [0.15, 0.2) is 24.3 Å². The Labute approximate surface area is 106 Å². The lowest BCUT2D eigenvalue weighted by atomic mass is 10.0. The van der Waals surface area contributed by atoms with Gasteiger partial charge in [0.05, 0.1) is 0 Å². The van der Waals surface area contributed by atoms with Crippen molar-refractivity contribution in [3.8, 4) is 0 Å². The van der Waals surface area contributed by atoms with Crippen molar-refractivity contribution in [3.63, 3.8) is 0 Å². The summed E-state index contributed by atoms with van der Waals surface area (Å²) in [7, 11) is 0. The molecular weight excluding hydrogens is 208 g/mol. The Balaban J connectivity index is 2.43. The van der Waals surface area contributed by atoms with Gasteiger partial charge >= 0.3 is 0 Å². The van der Waals surface area contributed by atoms with Crippen LogP contribution >= 0.6 is 0 Å². The quantitative estimate of drug-likeness (QED) is 0.776. The SMILES string of the molecule is CCN(CC)CCNc1cccc(C(C)C)c1. The van der Waals surface area contributed by atoms with Crippen LogP contribution in [-0.4, -0.2) is 31.1 Å². The number of anilines is 1. The first-order valence-corrected chi connectivity index (χ1v) is 6.73. The fraction of sp³-hybridized carbons (Fsp3) is 0.600. The second-order valence-electron chi connectivity index (χ2n) is 4.73. The zero-order valence-corrected chi connectivity index (χ0v) is 11.7. The predicted octanol–water partition coefficient (Wildman–Crippen LogP) is 3.56. The second kappa shape index (κ2) is 7.33. The third-order valence-electron chi connectivity index (χ3n) is 3.20. The van der Waals surface area contributed by atoms with Crippen molar-refractivity contribution in [2.45, 2.75) is 33.6 Å². The van der Waals surface area contributed by atoms with Gasteiger partial charge in [-0.1, -0.05) is 39.8 Å². The molecule has 2 nitrogen and oxygen atoms in total. The number of hydrogen-bond donors (Lipinski definition) is 1. The minimum Gasteiger partial charge on any atom is -0.384 e. The molecule has 0 heterocycles. The monoisotopic (exact) mass is 234 g/mol. The average Bonchev–Trinajstić information content (AvgIpc) is 2.35. The van der Waals surface area contributed by atoms with E-state index in [9.17, 15) is 0 Å². The zero-order chi connectivity index (χ0) is 12.7. The maximum Gasteiger partial charge on any atom is 0.0343 e. The Morgan fingerprint density at radius 1 is 1.18 bits per heavy atom. The van der Waals surface area contributed by atoms with Crippen LogP contribution in [0.3, 0.4) is 0 Å². The summed E-state index contributed by atoms with van der Waals surface area (Å²) < 4.78 is 0. The van der Waals surface area contributed by atoms with Gasteiger partial charge in [0.2, 0.25) is 0 Å². The van der Waals surface area contributed by atoms with Crippen molar-refractivity contribution in [2.24, 2.45) is 0 Å². The fourth-order valence-electron chi connectivity index (χ4n) is 1.91. The number of rotatable bonds is 7. The van der Waals surface area contributed by atoms with Crippen LogP contribution in [0.25, 0.3) is 0 Å². The molecule has 0 unspecified atom stereocenters. The van der Waals surface area contributed by atoms with Gasteiger partial charge in [0.15, 0.2) is 0 Å². The normalized spacial score (nSPS) is 11.2. The summed E-state index contributed by atoms with van der Waals surface area (Å²) in [5.41, 5.74) is 2.64. The van der Waals surface area contributed by atoms with Crippen molar-refractivity contribution in [3.05, 3.63) is 29.8 Å². The summed E-state index contributed by atoms with van der Waals surface area (Å²) in [4.78, 5) is 2.43. The van der Waals surface area contributed by atoms with Gasteiger partial charge < -0.3 is 10.2 Å². The maximum absolute atomic E-state index is 3.50. The summed E-state index contributed by atoms with van der Waals surface area (Å²) in [5, 5.41) is 3.50. The summed E-state index contributed by atoms with van der Waals surface area (Å²) in [6.45, 7) is 13.3. The van der Waals surface area contributed by atoms with Crippen LogP contribution in [0, 0.1) is 0 Å². The Bertz CT molecular complexity index is 316. The molecule has 0 atom stereocenters. The molecule has 1 N–H and O–H groups in total. The van der Waals surface area contributed by atoms with Gasteiger partial charge in [-0.15, -0.1) is 0 Å². The highest BCUT2D eigenvalue weighted by Gasteiger charge is 2.01. The van der Waals surface area contributed by atoms with Crippen LogP contribution in [0.2, 0.25) is 0 Å². The highest BCUT2D eigenvalue weighted by molar-refractivity contribution is 5.46. The Kier molecular flexibility index (Phi) is 6.06. The smallest absolute Gasteiger partial charge is 0.0343 e. The number of nitrogens with one attached hydrogen (secondary N) is 1. The van der Waals surface area contributed by atoms with Gasteiger partial charge in [0.25, 0.3) is 0 Å². The van der Waals surface area contributed by atoms with Gasteiger partial charge in [-0.3, -0.25) is 0 Å². The lowest BCUT2D eigenvalue weighted by Crippen LogP contribution is -2.28. The molecule has 0 radical (unpaired) electrons. The third-order valence-corrected chi connectivity index (χ3v) is 3.20. The third kappa shape index (κ3) is 4.78. The van der Waals surface area contributed by atoms with Crippen LogP contribution in [0.5, 0.6) is 0 Å². The fourth-order valence-corrected chi connectivity index (χ4v) is 1.91. The first-order valence-electron chi connectivity index (χ1n) is 6.73. The van der Waals surface area contributed by atoms with Gasteiger partial charge in [-0.05, 0) is 36.7 Å². The summed E-state index contributed by atoms with van der Waals surface area (Å²) in [6, 6.07) is 8.73. The van der Waals surface area contributed by atoms with Crippen molar-refractivity contribution in [1.82, 2.24) is 4.90 Å². The predicted molar refractivity (Wildman–Crippen MR) is 76.8 cm³/mol. The van der Waals surface area contributed by atoms with E-state index < -0.39 is 0 Å².